The molecule has 1 aromatic heterocycles. The highest BCUT2D eigenvalue weighted by Gasteiger charge is 2.19. The van der Waals surface area contributed by atoms with E-state index in [0.717, 1.165) is 34.3 Å². The third-order valence-electron chi connectivity index (χ3n) is 5.61. The number of phenols is 2. The molecule has 0 saturated heterocycles. The van der Waals surface area contributed by atoms with Crippen molar-refractivity contribution in [1.29, 1.82) is 0 Å². The van der Waals surface area contributed by atoms with Crippen LogP contribution >= 0.6 is 0 Å². The number of benzene rings is 3. The number of aliphatic carboxylic acids is 1. The predicted molar refractivity (Wildman–Crippen MR) is 120 cm³/mol. The lowest BCUT2D eigenvalue weighted by Crippen LogP contribution is -2.09. The smallest absolute Gasteiger partial charge is 0.341 e. The molecule has 0 spiro atoms. The highest BCUT2D eigenvalue weighted by molar-refractivity contribution is 5.87. The number of fused-ring (bicyclic) bond motifs is 1. The Labute approximate surface area is 185 Å². The number of ether oxygens (including phenoxy) is 1. The van der Waals surface area contributed by atoms with Crippen molar-refractivity contribution in [3.05, 3.63) is 89.2 Å². The fourth-order valence-electron chi connectivity index (χ4n) is 4.05. The zero-order valence-corrected chi connectivity index (χ0v) is 17.6. The molecule has 3 N–H and O–H groups in total. The van der Waals surface area contributed by atoms with Crippen LogP contribution in [0.3, 0.4) is 0 Å². The summed E-state index contributed by atoms with van der Waals surface area (Å²) in [6.07, 6.45) is 1.48. The number of aryl methyl sites for hydroxylation is 2. The van der Waals surface area contributed by atoms with Crippen LogP contribution in [0, 0.1) is 6.92 Å². The van der Waals surface area contributed by atoms with Crippen LogP contribution in [0.1, 0.15) is 34.8 Å². The average molecular weight is 432 g/mol. The number of para-hydroxylation sites is 1. The highest BCUT2D eigenvalue weighted by atomic mass is 16.5. The Morgan fingerprint density at radius 1 is 0.938 bits per heavy atom. The lowest BCUT2D eigenvalue weighted by Gasteiger charge is -2.18. The van der Waals surface area contributed by atoms with Gasteiger partial charge in [-0.3, -0.25) is 0 Å². The van der Waals surface area contributed by atoms with Crippen molar-refractivity contribution in [3.8, 4) is 17.2 Å². The summed E-state index contributed by atoms with van der Waals surface area (Å²) in [5, 5.41) is 29.2. The van der Waals surface area contributed by atoms with Gasteiger partial charge in [0.25, 0.3) is 0 Å². The molecule has 0 atom stereocenters. The molecule has 0 aliphatic carbocycles. The molecule has 0 bridgehead atoms. The summed E-state index contributed by atoms with van der Waals surface area (Å²) in [4.78, 5) is 10.9. The van der Waals surface area contributed by atoms with Crippen molar-refractivity contribution in [2.24, 2.45) is 0 Å². The van der Waals surface area contributed by atoms with E-state index >= 15 is 0 Å². The SMILES string of the molecule is Cc1oc2c(OCC(=O)O)cccc2c1CCC(c1ccc(O)cc1)c1ccc(O)cc1. The van der Waals surface area contributed by atoms with Crippen LogP contribution in [0.5, 0.6) is 17.2 Å². The third-order valence-corrected chi connectivity index (χ3v) is 5.61. The van der Waals surface area contributed by atoms with E-state index in [2.05, 4.69) is 0 Å². The molecule has 0 saturated carbocycles. The van der Waals surface area contributed by atoms with Gasteiger partial charge in [-0.05, 0) is 61.2 Å². The Morgan fingerprint density at radius 2 is 1.53 bits per heavy atom. The number of rotatable bonds is 8. The van der Waals surface area contributed by atoms with Gasteiger partial charge in [-0.2, -0.15) is 0 Å². The zero-order chi connectivity index (χ0) is 22.7. The number of carboxylic acids is 1. The Balaban J connectivity index is 1.65. The number of hydrogen-bond acceptors (Lipinski definition) is 5. The third kappa shape index (κ3) is 4.54. The molecule has 0 aliphatic rings. The molecule has 0 unspecified atom stereocenters. The van der Waals surface area contributed by atoms with Gasteiger partial charge in [-0.15, -0.1) is 0 Å². The first-order valence-electron chi connectivity index (χ1n) is 10.4. The number of carboxylic acid groups (broad SMARTS) is 1. The summed E-state index contributed by atoms with van der Waals surface area (Å²) < 4.78 is 11.3. The van der Waals surface area contributed by atoms with Gasteiger partial charge in [0, 0.05) is 16.9 Å². The van der Waals surface area contributed by atoms with Crippen LogP contribution < -0.4 is 4.74 Å². The van der Waals surface area contributed by atoms with Gasteiger partial charge in [0.15, 0.2) is 17.9 Å². The summed E-state index contributed by atoms with van der Waals surface area (Å²) in [5.74, 6) is 0.602. The molecule has 6 nitrogen and oxygen atoms in total. The van der Waals surface area contributed by atoms with Crippen molar-refractivity contribution in [2.75, 3.05) is 6.61 Å². The Bertz CT molecular complexity index is 1180. The van der Waals surface area contributed by atoms with Crippen LogP contribution in [-0.4, -0.2) is 27.9 Å². The molecule has 4 rings (SSSR count). The standard InChI is InChI=1S/C26H24O6/c1-16-21(23-3-2-4-24(26(23)32-16)31-15-25(29)30)13-14-22(17-5-9-19(27)10-6-17)18-7-11-20(28)12-8-18/h2-12,22,27-28H,13-15H2,1H3,(H,29,30). The second kappa shape index (κ2) is 9.06. The maximum absolute atomic E-state index is 10.9. The number of furan rings is 1. The van der Waals surface area contributed by atoms with Gasteiger partial charge in [-0.25, -0.2) is 4.79 Å². The van der Waals surface area contributed by atoms with Gasteiger partial charge in [0.05, 0.1) is 0 Å². The number of phenolic OH excluding ortho intramolecular Hbond substituents is 2. The first kappa shape index (κ1) is 21.3. The minimum absolute atomic E-state index is 0.0481. The molecule has 0 fully saturated rings. The largest absolute Gasteiger partial charge is 0.508 e. The van der Waals surface area contributed by atoms with Crippen LogP contribution in [0.25, 0.3) is 11.0 Å². The van der Waals surface area contributed by atoms with Crippen molar-refractivity contribution in [3.63, 3.8) is 0 Å². The maximum atomic E-state index is 10.9. The normalized spacial score (nSPS) is 11.2. The molecule has 32 heavy (non-hydrogen) atoms. The lowest BCUT2D eigenvalue weighted by atomic mass is 9.86. The summed E-state index contributed by atoms with van der Waals surface area (Å²) in [6.45, 7) is 1.46. The van der Waals surface area contributed by atoms with E-state index in [1.807, 2.05) is 43.3 Å². The van der Waals surface area contributed by atoms with Gasteiger partial charge in [0.2, 0.25) is 0 Å². The van der Waals surface area contributed by atoms with Gasteiger partial charge >= 0.3 is 5.97 Å². The quantitative estimate of drug-likeness (QED) is 0.346. The predicted octanol–water partition coefficient (Wildman–Crippen LogP) is 5.38. The van der Waals surface area contributed by atoms with Crippen molar-refractivity contribution in [1.82, 2.24) is 0 Å². The minimum Gasteiger partial charge on any atom is -0.508 e. The molecular weight excluding hydrogens is 408 g/mol. The molecule has 164 valence electrons. The van der Waals surface area contributed by atoms with Crippen LogP contribution in [-0.2, 0) is 11.2 Å². The van der Waals surface area contributed by atoms with E-state index < -0.39 is 12.6 Å². The molecule has 0 amide bonds. The second-order valence-corrected chi connectivity index (χ2v) is 7.73. The van der Waals surface area contributed by atoms with Crippen LogP contribution in [0.2, 0.25) is 0 Å². The topological polar surface area (TPSA) is 100 Å². The highest BCUT2D eigenvalue weighted by Crippen LogP contribution is 2.36. The van der Waals surface area contributed by atoms with E-state index in [4.69, 9.17) is 14.3 Å². The Kier molecular flexibility index (Phi) is 6.03. The average Bonchev–Trinajstić information content (AvgIpc) is 3.10. The fraction of sp³-hybridized carbons (Fsp3) is 0.192. The van der Waals surface area contributed by atoms with E-state index in [-0.39, 0.29) is 17.4 Å². The van der Waals surface area contributed by atoms with E-state index in [1.54, 1.807) is 30.3 Å². The van der Waals surface area contributed by atoms with Crippen molar-refractivity contribution in [2.45, 2.75) is 25.7 Å². The summed E-state index contributed by atoms with van der Waals surface area (Å²) in [5.41, 5.74) is 3.71. The minimum atomic E-state index is -1.05. The number of carbonyl (C=O) groups is 1. The zero-order valence-electron chi connectivity index (χ0n) is 17.6. The molecular formula is C26H24O6. The van der Waals surface area contributed by atoms with E-state index in [0.29, 0.717) is 17.8 Å². The molecule has 6 heteroatoms. The number of aromatic hydroxyl groups is 2. The number of hydrogen-bond donors (Lipinski definition) is 3. The summed E-state index contributed by atoms with van der Waals surface area (Å²) in [6, 6.07) is 19.8. The van der Waals surface area contributed by atoms with Gasteiger partial charge < -0.3 is 24.5 Å². The summed E-state index contributed by atoms with van der Waals surface area (Å²) >= 11 is 0. The first-order chi connectivity index (χ1) is 15.4. The molecule has 0 aliphatic heterocycles. The first-order valence-corrected chi connectivity index (χ1v) is 10.4. The Hall–Kier alpha value is -3.93. The monoisotopic (exact) mass is 432 g/mol. The van der Waals surface area contributed by atoms with Gasteiger partial charge in [0.1, 0.15) is 17.3 Å². The second-order valence-electron chi connectivity index (χ2n) is 7.73. The van der Waals surface area contributed by atoms with Crippen LogP contribution in [0.15, 0.2) is 71.1 Å². The fourth-order valence-corrected chi connectivity index (χ4v) is 4.05. The Morgan fingerprint density at radius 3 is 2.09 bits per heavy atom. The summed E-state index contributed by atoms with van der Waals surface area (Å²) in [7, 11) is 0. The van der Waals surface area contributed by atoms with E-state index in [9.17, 15) is 15.0 Å². The maximum Gasteiger partial charge on any atom is 0.341 e. The lowest BCUT2D eigenvalue weighted by molar-refractivity contribution is -0.139. The molecule has 3 aromatic carbocycles. The van der Waals surface area contributed by atoms with Gasteiger partial charge in [-0.1, -0.05) is 36.4 Å². The molecule has 0 radical (unpaired) electrons. The molecule has 1 heterocycles. The van der Waals surface area contributed by atoms with E-state index in [1.165, 1.54) is 0 Å². The van der Waals surface area contributed by atoms with Crippen molar-refractivity contribution < 1.29 is 29.3 Å². The van der Waals surface area contributed by atoms with Crippen molar-refractivity contribution >= 4 is 16.9 Å². The molecule has 4 aromatic rings. The van der Waals surface area contributed by atoms with Crippen LogP contribution in [0.4, 0.5) is 0 Å².